The van der Waals surface area contributed by atoms with Gasteiger partial charge in [-0.3, -0.25) is 9.35 Å². The number of rotatable bonds is 59. The van der Waals surface area contributed by atoms with E-state index in [4.69, 9.17) is 18.9 Å². The molecule has 6 atom stereocenters. The Labute approximate surface area is 479 Å². The minimum atomic E-state index is -5.07. The summed E-state index contributed by atoms with van der Waals surface area (Å²) in [6.45, 7) is 4.05. The predicted molar refractivity (Wildman–Crippen MR) is 322 cm³/mol. The molecule has 0 amide bonds. The molecular formula is C65H122O12S. The maximum absolute atomic E-state index is 13.0. The van der Waals surface area contributed by atoms with Crippen LogP contribution in [0.3, 0.4) is 0 Å². The molecule has 0 saturated carbocycles. The Morgan fingerprint density at radius 1 is 0.487 bits per heavy atom. The topological polar surface area (TPSA) is 178 Å². The minimum Gasteiger partial charge on any atom is -0.457 e. The monoisotopic (exact) mass is 1130 g/mol. The van der Waals surface area contributed by atoms with Crippen LogP contribution in [-0.2, 0) is 38.3 Å². The van der Waals surface area contributed by atoms with E-state index in [2.05, 4.69) is 54.5 Å². The number of carbonyl (C=O) groups is 1. The van der Waals surface area contributed by atoms with Crippen molar-refractivity contribution in [3.8, 4) is 0 Å². The SMILES string of the molecule is CCCCCCC/C=C\C/C=C\CCCCCCCCCCCCCCCCOCC(COC1OC(CO)C(O)C(OS(=O)(=O)O)C1O)OC(=O)CCCCCCCCCCCCCCC/C=C\CCCCCCCCCC. The van der Waals surface area contributed by atoms with Gasteiger partial charge in [0.15, 0.2) is 6.29 Å². The Morgan fingerprint density at radius 3 is 1.23 bits per heavy atom. The maximum Gasteiger partial charge on any atom is 0.397 e. The number of hydrogen-bond acceptors (Lipinski definition) is 11. The van der Waals surface area contributed by atoms with Gasteiger partial charge in [-0.1, -0.05) is 269 Å². The van der Waals surface area contributed by atoms with Gasteiger partial charge in [-0.25, -0.2) is 4.18 Å². The van der Waals surface area contributed by atoms with Gasteiger partial charge < -0.3 is 34.3 Å². The Hall–Kier alpha value is -1.68. The van der Waals surface area contributed by atoms with Gasteiger partial charge in [-0.05, 0) is 70.6 Å². The first-order valence-electron chi connectivity index (χ1n) is 32.7. The Kier molecular flexibility index (Phi) is 53.2. The molecule has 1 aliphatic heterocycles. The van der Waals surface area contributed by atoms with Crippen molar-refractivity contribution in [2.24, 2.45) is 0 Å². The number of aliphatic hydroxyl groups is 3. The molecule has 0 aromatic carbocycles. The third-order valence-corrected chi connectivity index (χ3v) is 15.7. The van der Waals surface area contributed by atoms with Gasteiger partial charge in [0.05, 0.1) is 19.8 Å². The molecular weight excluding hydrogens is 1000 g/mol. The molecule has 0 aromatic rings. The fraction of sp³-hybridized carbons (Fsp3) is 0.892. The zero-order valence-electron chi connectivity index (χ0n) is 50.2. The molecule has 4 N–H and O–H groups in total. The number of allylic oxidation sites excluding steroid dienone is 6. The van der Waals surface area contributed by atoms with Gasteiger partial charge >= 0.3 is 16.4 Å². The summed E-state index contributed by atoms with van der Waals surface area (Å²) in [6.07, 6.45) is 62.0. The van der Waals surface area contributed by atoms with Gasteiger partial charge in [-0.2, -0.15) is 8.42 Å². The van der Waals surface area contributed by atoms with E-state index >= 15 is 0 Å². The zero-order valence-corrected chi connectivity index (χ0v) is 51.1. The summed E-state index contributed by atoms with van der Waals surface area (Å²) in [5, 5.41) is 30.9. The molecule has 1 fully saturated rings. The highest BCUT2D eigenvalue weighted by molar-refractivity contribution is 7.80. The van der Waals surface area contributed by atoms with E-state index in [1.54, 1.807) is 0 Å². The first-order chi connectivity index (χ1) is 38.1. The van der Waals surface area contributed by atoms with Crippen LogP contribution < -0.4 is 0 Å². The van der Waals surface area contributed by atoms with Crippen molar-refractivity contribution in [3.05, 3.63) is 36.5 Å². The highest BCUT2D eigenvalue weighted by Gasteiger charge is 2.48. The number of esters is 1. The fourth-order valence-corrected chi connectivity index (χ4v) is 10.8. The highest BCUT2D eigenvalue weighted by atomic mass is 32.3. The number of carbonyl (C=O) groups excluding carboxylic acids is 1. The maximum atomic E-state index is 13.0. The van der Waals surface area contributed by atoms with Crippen LogP contribution in [0, 0.1) is 0 Å². The van der Waals surface area contributed by atoms with Crippen LogP contribution in [0.5, 0.6) is 0 Å². The van der Waals surface area contributed by atoms with E-state index in [0.29, 0.717) is 13.0 Å². The molecule has 6 unspecified atom stereocenters. The third kappa shape index (κ3) is 47.9. The van der Waals surface area contributed by atoms with Gasteiger partial charge in [0.2, 0.25) is 0 Å². The lowest BCUT2D eigenvalue weighted by Crippen LogP contribution is -2.60. The van der Waals surface area contributed by atoms with Crippen molar-refractivity contribution in [1.29, 1.82) is 0 Å². The highest BCUT2D eigenvalue weighted by Crippen LogP contribution is 2.26. The van der Waals surface area contributed by atoms with E-state index in [1.807, 2.05) is 0 Å². The predicted octanol–water partition coefficient (Wildman–Crippen LogP) is 17.2. The van der Waals surface area contributed by atoms with Gasteiger partial charge in [-0.15, -0.1) is 0 Å². The summed E-state index contributed by atoms with van der Waals surface area (Å²) in [5.41, 5.74) is 0. The van der Waals surface area contributed by atoms with E-state index in [-0.39, 0.29) is 19.6 Å². The molecule has 0 aliphatic carbocycles. The average molecular weight is 1130 g/mol. The molecule has 0 bridgehead atoms. The Bertz CT molecular complexity index is 1490. The number of ether oxygens (including phenoxy) is 4. The van der Waals surface area contributed by atoms with Crippen LogP contribution in [0.15, 0.2) is 36.5 Å². The van der Waals surface area contributed by atoms with Crippen molar-refractivity contribution in [1.82, 2.24) is 0 Å². The lowest BCUT2D eigenvalue weighted by atomic mass is 9.99. The van der Waals surface area contributed by atoms with Gasteiger partial charge in [0, 0.05) is 13.0 Å². The first kappa shape index (κ1) is 74.3. The normalized spacial score (nSPS) is 18.6. The quantitative estimate of drug-likeness (QED) is 0.0196. The summed E-state index contributed by atoms with van der Waals surface area (Å²) >= 11 is 0. The first-order valence-corrected chi connectivity index (χ1v) is 34.1. The van der Waals surface area contributed by atoms with Gasteiger partial charge in [0.25, 0.3) is 0 Å². The standard InChI is InChI=1S/C65H122O12S/c1-3-5-7-9-11-13-15-17-19-21-23-25-27-29-31-33-35-37-39-41-43-45-47-49-51-53-55-73-57-59(58-74-65-63(69)64(77-78(70,71)72)62(68)60(56-66)76-65)75-61(67)54-52-50-48-46-44-42-40-38-36-34-32-30-28-26-24-22-20-18-16-14-12-10-8-6-4-2/h15,17,21-24,59-60,62-66,68-69H,3-14,16,18-20,25-58H2,1-2H3,(H,70,71,72)/b17-15-,23-21-,24-22-. The third-order valence-electron chi connectivity index (χ3n) is 15.2. The lowest BCUT2D eigenvalue weighted by molar-refractivity contribution is -0.301. The van der Waals surface area contributed by atoms with Crippen molar-refractivity contribution >= 4 is 16.4 Å². The lowest BCUT2D eigenvalue weighted by Gasteiger charge is -2.41. The molecule has 0 spiro atoms. The average Bonchev–Trinajstić information content (AvgIpc) is 3.42. The molecule has 460 valence electrons. The molecule has 12 nitrogen and oxygen atoms in total. The van der Waals surface area contributed by atoms with Crippen LogP contribution >= 0.6 is 0 Å². The van der Waals surface area contributed by atoms with Crippen molar-refractivity contribution in [2.45, 2.75) is 346 Å². The van der Waals surface area contributed by atoms with E-state index < -0.39 is 59.8 Å². The number of hydrogen-bond donors (Lipinski definition) is 4. The van der Waals surface area contributed by atoms with Crippen LogP contribution in [0.1, 0.15) is 309 Å². The molecule has 1 rings (SSSR count). The van der Waals surface area contributed by atoms with Crippen LogP contribution in [0.4, 0.5) is 0 Å². The second kappa shape index (κ2) is 55.8. The van der Waals surface area contributed by atoms with Crippen molar-refractivity contribution in [2.75, 3.05) is 26.4 Å². The summed E-state index contributed by atoms with van der Waals surface area (Å²) in [7, 11) is -5.07. The van der Waals surface area contributed by atoms with Crippen LogP contribution in [0.2, 0.25) is 0 Å². The zero-order chi connectivity index (χ0) is 56.7. The summed E-state index contributed by atoms with van der Waals surface area (Å²) in [5.74, 6) is -0.393. The van der Waals surface area contributed by atoms with Crippen LogP contribution in [0.25, 0.3) is 0 Å². The van der Waals surface area contributed by atoms with E-state index in [0.717, 1.165) is 44.9 Å². The molecule has 1 saturated heterocycles. The van der Waals surface area contributed by atoms with E-state index in [1.165, 1.54) is 238 Å². The summed E-state index contributed by atoms with van der Waals surface area (Å²) < 4.78 is 59.6. The molecule has 0 radical (unpaired) electrons. The molecule has 78 heavy (non-hydrogen) atoms. The largest absolute Gasteiger partial charge is 0.457 e. The molecule has 0 aromatic heterocycles. The number of aliphatic hydroxyl groups excluding tert-OH is 3. The molecule has 1 aliphatic rings. The second-order valence-electron chi connectivity index (χ2n) is 22.7. The summed E-state index contributed by atoms with van der Waals surface area (Å²) in [4.78, 5) is 13.0. The van der Waals surface area contributed by atoms with E-state index in [9.17, 15) is 33.1 Å². The summed E-state index contributed by atoms with van der Waals surface area (Å²) in [6, 6.07) is 0. The van der Waals surface area contributed by atoms with Gasteiger partial charge in [0.1, 0.15) is 30.5 Å². The molecule has 13 heteroatoms. The van der Waals surface area contributed by atoms with Crippen molar-refractivity contribution < 1.29 is 56.2 Å². The van der Waals surface area contributed by atoms with Crippen LogP contribution in [-0.4, -0.2) is 97.5 Å². The fourth-order valence-electron chi connectivity index (χ4n) is 10.3. The molecule has 1 heterocycles. The second-order valence-corrected chi connectivity index (χ2v) is 23.8. The smallest absolute Gasteiger partial charge is 0.397 e. The van der Waals surface area contributed by atoms with Crippen molar-refractivity contribution in [3.63, 3.8) is 0 Å². The Balaban J connectivity index is 2.23. The minimum absolute atomic E-state index is 0.0391. The number of unbranched alkanes of at least 4 members (excludes halogenated alkanes) is 40. The Morgan fingerprint density at radius 2 is 0.846 bits per heavy atom.